The second-order valence-corrected chi connectivity index (χ2v) is 8.45. The van der Waals surface area contributed by atoms with E-state index in [2.05, 4.69) is 13.0 Å². The van der Waals surface area contributed by atoms with Crippen molar-refractivity contribution in [2.75, 3.05) is 21.3 Å². The van der Waals surface area contributed by atoms with Crippen LogP contribution in [0.25, 0.3) is 0 Å². The topological polar surface area (TPSA) is 31.6 Å². The number of pyridine rings is 1. The molecule has 0 saturated heterocycles. The summed E-state index contributed by atoms with van der Waals surface area (Å²) < 4.78 is 12.6. The van der Waals surface area contributed by atoms with Gasteiger partial charge in [0.2, 0.25) is 11.9 Å². The Morgan fingerprint density at radius 1 is 0.633 bits per heavy atom. The fourth-order valence-electron chi connectivity index (χ4n) is 4.14. The highest BCUT2D eigenvalue weighted by Crippen LogP contribution is 2.28. The van der Waals surface area contributed by atoms with Gasteiger partial charge < -0.3 is 9.47 Å². The van der Waals surface area contributed by atoms with Gasteiger partial charge in [0, 0.05) is 11.6 Å². The van der Waals surface area contributed by atoms with E-state index in [1.807, 2.05) is 6.20 Å². The van der Waals surface area contributed by atoms with Crippen molar-refractivity contribution in [2.45, 2.75) is 116 Å². The first kappa shape index (κ1) is 26.6. The molecule has 0 fully saturated rings. The van der Waals surface area contributed by atoms with E-state index in [-0.39, 0.29) is 0 Å². The van der Waals surface area contributed by atoms with Crippen LogP contribution in [0.3, 0.4) is 0 Å². The van der Waals surface area contributed by atoms with Crippen molar-refractivity contribution in [3.63, 3.8) is 0 Å². The third kappa shape index (κ3) is 11.1. The summed E-state index contributed by atoms with van der Waals surface area (Å²) >= 11 is 0. The Labute approximate surface area is 186 Å². The standard InChI is InChI=1S/C26H48NO3/c1-5-6-7-8-9-10-11-12-13-14-15-16-17-18-19-20-21-24-22-23-27(30-4)26(29-3)25(24)28-2/h22-23H,5-21H2,1-4H3/q+1. The quantitative estimate of drug-likeness (QED) is 0.170. The van der Waals surface area contributed by atoms with E-state index in [4.69, 9.17) is 14.3 Å². The summed E-state index contributed by atoms with van der Waals surface area (Å²) in [6.07, 6.45) is 25.2. The van der Waals surface area contributed by atoms with Crippen molar-refractivity contribution in [1.29, 1.82) is 0 Å². The van der Waals surface area contributed by atoms with Gasteiger partial charge in [0.15, 0.2) is 0 Å². The lowest BCUT2D eigenvalue weighted by atomic mass is 10.0. The van der Waals surface area contributed by atoms with Gasteiger partial charge in [-0.25, -0.2) is 0 Å². The van der Waals surface area contributed by atoms with Crippen LogP contribution >= 0.6 is 0 Å². The molecular weight excluding hydrogens is 374 g/mol. The molecule has 0 unspecified atom stereocenters. The van der Waals surface area contributed by atoms with Crippen LogP contribution in [0.2, 0.25) is 0 Å². The minimum atomic E-state index is 0.619. The molecule has 4 nitrogen and oxygen atoms in total. The van der Waals surface area contributed by atoms with E-state index in [0.29, 0.717) is 5.88 Å². The van der Waals surface area contributed by atoms with E-state index in [9.17, 15) is 0 Å². The van der Waals surface area contributed by atoms with Gasteiger partial charge in [0.1, 0.15) is 7.11 Å². The average Bonchev–Trinajstić information content (AvgIpc) is 2.78. The van der Waals surface area contributed by atoms with Crippen LogP contribution in [0.15, 0.2) is 12.3 Å². The van der Waals surface area contributed by atoms with Crippen molar-refractivity contribution in [3.05, 3.63) is 17.8 Å². The third-order valence-electron chi connectivity index (χ3n) is 5.99. The molecule has 0 aliphatic carbocycles. The second kappa shape index (κ2) is 18.3. The molecule has 0 aliphatic heterocycles. The zero-order valence-corrected chi connectivity index (χ0v) is 20.3. The van der Waals surface area contributed by atoms with Crippen molar-refractivity contribution in [2.24, 2.45) is 0 Å². The fraction of sp³-hybridized carbons (Fsp3) is 0.808. The summed E-state index contributed by atoms with van der Waals surface area (Å²) in [5, 5.41) is 0. The SMILES string of the molecule is CCCCCCCCCCCCCCCCCCc1cc[n+](OC)c(OC)c1OC. The van der Waals surface area contributed by atoms with E-state index in [1.165, 1.54) is 108 Å². The van der Waals surface area contributed by atoms with E-state index < -0.39 is 0 Å². The van der Waals surface area contributed by atoms with Crippen LogP contribution in [0, 0.1) is 0 Å². The third-order valence-corrected chi connectivity index (χ3v) is 5.99. The Kier molecular flexibility index (Phi) is 16.2. The number of unbranched alkanes of at least 4 members (excludes halogenated alkanes) is 15. The molecule has 0 atom stereocenters. The molecule has 30 heavy (non-hydrogen) atoms. The Balaban J connectivity index is 2.00. The highest BCUT2D eigenvalue weighted by atomic mass is 16.7. The van der Waals surface area contributed by atoms with Crippen LogP contribution in [0.4, 0.5) is 0 Å². The molecule has 0 N–H and O–H groups in total. The lowest BCUT2D eigenvalue weighted by Crippen LogP contribution is -2.41. The molecule has 1 aromatic rings. The average molecular weight is 423 g/mol. The van der Waals surface area contributed by atoms with Gasteiger partial charge >= 0.3 is 5.88 Å². The summed E-state index contributed by atoms with van der Waals surface area (Å²) in [4.78, 5) is 5.28. The van der Waals surface area contributed by atoms with Crippen molar-refractivity contribution < 1.29 is 19.0 Å². The summed E-state index contributed by atoms with van der Waals surface area (Å²) in [6.45, 7) is 2.29. The maximum absolute atomic E-state index is 5.56. The van der Waals surface area contributed by atoms with Gasteiger partial charge in [-0.05, 0) is 12.8 Å². The normalized spacial score (nSPS) is 10.9. The monoisotopic (exact) mass is 422 g/mol. The molecule has 4 heteroatoms. The van der Waals surface area contributed by atoms with Crippen LogP contribution < -0.4 is 19.0 Å². The van der Waals surface area contributed by atoms with Gasteiger partial charge in [0.25, 0.3) is 0 Å². The predicted molar refractivity (Wildman–Crippen MR) is 125 cm³/mol. The highest BCUT2D eigenvalue weighted by Gasteiger charge is 2.23. The first-order valence-electron chi connectivity index (χ1n) is 12.5. The molecule has 0 bridgehead atoms. The first-order valence-corrected chi connectivity index (χ1v) is 12.5. The number of methoxy groups -OCH3 is 2. The molecule has 1 rings (SSSR count). The zero-order chi connectivity index (χ0) is 21.9. The molecule has 0 aliphatic rings. The Hall–Kier alpha value is -1.45. The number of aromatic nitrogens is 1. The Morgan fingerprint density at radius 3 is 1.50 bits per heavy atom. The molecule has 1 heterocycles. The Bertz CT molecular complexity index is 533. The second-order valence-electron chi connectivity index (χ2n) is 8.45. The van der Waals surface area contributed by atoms with Crippen molar-refractivity contribution >= 4 is 0 Å². The van der Waals surface area contributed by atoms with Crippen LogP contribution in [-0.2, 0) is 6.42 Å². The molecule has 0 saturated carbocycles. The molecule has 0 spiro atoms. The summed E-state index contributed by atoms with van der Waals surface area (Å²) in [5.74, 6) is 1.40. The van der Waals surface area contributed by atoms with Crippen LogP contribution in [0.5, 0.6) is 11.6 Å². The van der Waals surface area contributed by atoms with E-state index >= 15 is 0 Å². The molecule has 1 aromatic heterocycles. The fourth-order valence-corrected chi connectivity index (χ4v) is 4.14. The number of hydrogen-bond acceptors (Lipinski definition) is 3. The summed E-state index contributed by atoms with van der Waals surface area (Å²) in [7, 11) is 4.96. The number of aryl methyl sites for hydroxylation is 1. The number of ether oxygens (including phenoxy) is 2. The number of hydrogen-bond donors (Lipinski definition) is 0. The van der Waals surface area contributed by atoms with E-state index in [0.717, 1.165) is 12.2 Å². The van der Waals surface area contributed by atoms with Gasteiger partial charge in [-0.2, -0.15) is 0 Å². The first-order chi connectivity index (χ1) is 14.8. The Morgan fingerprint density at radius 2 is 1.10 bits per heavy atom. The smallest absolute Gasteiger partial charge is 0.459 e. The maximum Gasteiger partial charge on any atom is 0.459 e. The number of nitrogens with zero attached hydrogens (tertiary/aromatic N) is 1. The lowest BCUT2D eigenvalue weighted by Gasteiger charge is -2.09. The van der Waals surface area contributed by atoms with Gasteiger partial charge in [-0.3, -0.25) is 4.84 Å². The maximum atomic E-state index is 5.56. The van der Waals surface area contributed by atoms with E-state index in [1.54, 1.807) is 26.1 Å². The number of rotatable bonds is 20. The highest BCUT2D eigenvalue weighted by molar-refractivity contribution is 5.38. The van der Waals surface area contributed by atoms with Crippen molar-refractivity contribution in [3.8, 4) is 11.6 Å². The van der Waals surface area contributed by atoms with Crippen LogP contribution in [0.1, 0.15) is 115 Å². The molecule has 0 amide bonds. The van der Waals surface area contributed by atoms with Gasteiger partial charge in [-0.15, -0.1) is 0 Å². The molecular formula is C26H48NO3+. The molecule has 0 aromatic carbocycles. The summed E-state index contributed by atoms with van der Waals surface area (Å²) in [5.41, 5.74) is 1.19. The lowest BCUT2D eigenvalue weighted by molar-refractivity contribution is -0.887. The minimum Gasteiger partial charge on any atom is -0.488 e. The predicted octanol–water partition coefficient (Wildman–Crippen LogP) is 6.85. The van der Waals surface area contributed by atoms with Crippen molar-refractivity contribution in [1.82, 2.24) is 0 Å². The van der Waals surface area contributed by atoms with Crippen LogP contribution in [-0.4, -0.2) is 21.3 Å². The van der Waals surface area contributed by atoms with Gasteiger partial charge in [-0.1, -0.05) is 103 Å². The largest absolute Gasteiger partial charge is 0.488 e. The molecule has 174 valence electrons. The zero-order valence-electron chi connectivity index (χ0n) is 20.3. The minimum absolute atomic E-state index is 0.619. The van der Waals surface area contributed by atoms with Gasteiger partial charge in [0.05, 0.1) is 19.0 Å². The summed E-state index contributed by atoms with van der Waals surface area (Å²) in [6, 6.07) is 2.07. The molecule has 0 radical (unpaired) electrons.